The molecule has 2 aromatic carbocycles. The summed E-state index contributed by atoms with van der Waals surface area (Å²) in [6.45, 7) is 1.10. The molecule has 31 heavy (non-hydrogen) atoms. The van der Waals surface area contributed by atoms with Crippen molar-refractivity contribution in [2.24, 2.45) is 0 Å². The molecule has 1 saturated heterocycles. The summed E-state index contributed by atoms with van der Waals surface area (Å²) >= 11 is 13.4. The smallest absolute Gasteiger partial charge is 0.185 e. The predicted octanol–water partition coefficient (Wildman–Crippen LogP) is 5.76. The minimum absolute atomic E-state index is 0.145. The van der Waals surface area contributed by atoms with E-state index in [0.29, 0.717) is 48.0 Å². The van der Waals surface area contributed by atoms with Crippen LogP contribution in [0.2, 0.25) is 10.0 Å². The molecule has 0 amide bonds. The molecule has 0 atom stereocenters. The average Bonchev–Trinajstić information content (AvgIpc) is 3.18. The van der Waals surface area contributed by atoms with Crippen LogP contribution >= 0.6 is 34.5 Å². The van der Waals surface area contributed by atoms with Crippen molar-refractivity contribution < 1.29 is 17.2 Å². The summed E-state index contributed by atoms with van der Waals surface area (Å²) in [4.78, 5) is 6.79. The molecule has 3 aromatic rings. The monoisotopic (exact) mass is 502 g/mol. The summed E-state index contributed by atoms with van der Waals surface area (Å²) < 4.78 is 52.5. The number of rotatable bonds is 5. The molecule has 0 spiro atoms. The third kappa shape index (κ3) is 5.03. The first kappa shape index (κ1) is 22.5. The van der Waals surface area contributed by atoms with E-state index in [4.69, 9.17) is 23.2 Å². The van der Waals surface area contributed by atoms with Crippen LogP contribution in [-0.4, -0.2) is 31.7 Å². The summed E-state index contributed by atoms with van der Waals surface area (Å²) in [5, 5.41) is 2.74. The van der Waals surface area contributed by atoms with Crippen molar-refractivity contribution in [3.8, 4) is 0 Å². The van der Waals surface area contributed by atoms with Crippen LogP contribution in [0.3, 0.4) is 0 Å². The number of anilines is 1. The highest BCUT2D eigenvalue weighted by atomic mass is 35.5. The van der Waals surface area contributed by atoms with E-state index in [1.54, 1.807) is 0 Å². The molecule has 4 nitrogen and oxygen atoms in total. The van der Waals surface area contributed by atoms with Gasteiger partial charge in [0.15, 0.2) is 26.6 Å². The van der Waals surface area contributed by atoms with Crippen LogP contribution in [-0.2, 0) is 16.3 Å². The SMILES string of the molecule is O=S(=O)(c1cc(Cl)cc(Cl)c1)C1CCN(c2nc(Cc3ccc(F)c(F)c3)cs2)CC1. The molecule has 2 heterocycles. The first-order valence-electron chi connectivity index (χ1n) is 9.55. The van der Waals surface area contributed by atoms with Gasteiger partial charge in [-0.1, -0.05) is 29.3 Å². The largest absolute Gasteiger partial charge is 0.348 e. The number of aromatic nitrogens is 1. The van der Waals surface area contributed by atoms with E-state index in [-0.39, 0.29) is 4.90 Å². The zero-order valence-electron chi connectivity index (χ0n) is 16.2. The highest BCUT2D eigenvalue weighted by Gasteiger charge is 2.32. The number of sulfone groups is 1. The van der Waals surface area contributed by atoms with Crippen molar-refractivity contribution in [1.29, 1.82) is 0 Å². The molecule has 0 saturated carbocycles. The third-order valence-corrected chi connectivity index (χ3v) is 8.85. The zero-order valence-corrected chi connectivity index (χ0v) is 19.3. The second-order valence-electron chi connectivity index (χ2n) is 7.38. The summed E-state index contributed by atoms with van der Waals surface area (Å²) in [7, 11) is -3.53. The molecule has 0 radical (unpaired) electrons. The van der Waals surface area contributed by atoms with Crippen LogP contribution in [0.25, 0.3) is 0 Å². The highest BCUT2D eigenvalue weighted by molar-refractivity contribution is 7.92. The minimum atomic E-state index is -3.53. The van der Waals surface area contributed by atoms with Gasteiger partial charge < -0.3 is 4.90 Å². The lowest BCUT2D eigenvalue weighted by atomic mass is 10.1. The first-order valence-corrected chi connectivity index (χ1v) is 12.7. The fourth-order valence-electron chi connectivity index (χ4n) is 3.62. The Bertz CT molecular complexity index is 1190. The molecule has 10 heteroatoms. The fourth-order valence-corrected chi connectivity index (χ4v) is 6.96. The third-order valence-electron chi connectivity index (χ3n) is 5.22. The number of hydrogen-bond acceptors (Lipinski definition) is 5. The maximum absolute atomic E-state index is 13.4. The Labute approximate surface area is 193 Å². The predicted molar refractivity (Wildman–Crippen MR) is 120 cm³/mol. The van der Waals surface area contributed by atoms with Gasteiger partial charge in [-0.05, 0) is 48.7 Å². The molecule has 0 unspecified atom stereocenters. The Morgan fingerprint density at radius 3 is 2.35 bits per heavy atom. The van der Waals surface area contributed by atoms with Crippen molar-refractivity contribution >= 4 is 49.5 Å². The number of benzene rings is 2. The molecule has 0 bridgehead atoms. The maximum Gasteiger partial charge on any atom is 0.185 e. The minimum Gasteiger partial charge on any atom is -0.348 e. The van der Waals surface area contributed by atoms with E-state index < -0.39 is 26.7 Å². The van der Waals surface area contributed by atoms with Crippen LogP contribution in [0.15, 0.2) is 46.7 Å². The molecule has 0 N–H and O–H groups in total. The Morgan fingerprint density at radius 1 is 1.03 bits per heavy atom. The molecule has 1 aromatic heterocycles. The maximum atomic E-state index is 13.4. The zero-order chi connectivity index (χ0) is 22.2. The number of hydrogen-bond donors (Lipinski definition) is 0. The Balaban J connectivity index is 1.41. The van der Waals surface area contributed by atoms with Gasteiger partial charge in [-0.3, -0.25) is 0 Å². The van der Waals surface area contributed by atoms with Gasteiger partial charge in [0, 0.05) is 34.9 Å². The number of nitrogens with zero attached hydrogens (tertiary/aromatic N) is 2. The van der Waals surface area contributed by atoms with Crippen molar-refractivity contribution in [3.63, 3.8) is 0 Å². The quantitative estimate of drug-likeness (QED) is 0.444. The van der Waals surface area contributed by atoms with Crippen LogP contribution in [0.4, 0.5) is 13.9 Å². The summed E-state index contributed by atoms with van der Waals surface area (Å²) in [5.74, 6) is -1.75. The van der Waals surface area contributed by atoms with Crippen molar-refractivity contribution in [3.05, 3.63) is 74.7 Å². The molecule has 1 aliphatic rings. The highest BCUT2D eigenvalue weighted by Crippen LogP contribution is 2.31. The van der Waals surface area contributed by atoms with Gasteiger partial charge in [0.25, 0.3) is 0 Å². The van der Waals surface area contributed by atoms with Crippen molar-refractivity contribution in [2.75, 3.05) is 18.0 Å². The standard InChI is InChI=1S/C21H18Cl2F2N2O2S2/c22-14-9-15(23)11-18(10-14)31(28,29)17-3-5-27(6-4-17)21-26-16(12-30-21)7-13-1-2-19(24)20(25)8-13/h1-2,8-12,17H,3-7H2. The van der Waals surface area contributed by atoms with Gasteiger partial charge >= 0.3 is 0 Å². The fraction of sp³-hybridized carbons (Fsp3) is 0.286. The molecule has 1 fully saturated rings. The first-order chi connectivity index (χ1) is 14.7. The van der Waals surface area contributed by atoms with E-state index in [1.807, 2.05) is 5.38 Å². The van der Waals surface area contributed by atoms with E-state index in [9.17, 15) is 17.2 Å². The second kappa shape index (κ2) is 9.02. The van der Waals surface area contributed by atoms with Gasteiger partial charge in [0.2, 0.25) is 0 Å². The van der Waals surface area contributed by atoms with Gasteiger partial charge in [-0.25, -0.2) is 22.2 Å². The van der Waals surface area contributed by atoms with Crippen LogP contribution in [0.1, 0.15) is 24.1 Å². The number of halogens is 4. The summed E-state index contributed by atoms with van der Waals surface area (Å²) in [5.41, 5.74) is 1.40. The lowest BCUT2D eigenvalue weighted by Gasteiger charge is -2.31. The second-order valence-corrected chi connectivity index (χ2v) is 11.3. The Kier molecular flexibility index (Phi) is 6.53. The van der Waals surface area contributed by atoms with Gasteiger partial charge in [-0.2, -0.15) is 0 Å². The van der Waals surface area contributed by atoms with Crippen molar-refractivity contribution in [2.45, 2.75) is 29.4 Å². The number of piperidine rings is 1. The lowest BCUT2D eigenvalue weighted by Crippen LogP contribution is -2.39. The van der Waals surface area contributed by atoms with E-state index >= 15 is 0 Å². The lowest BCUT2D eigenvalue weighted by molar-refractivity contribution is 0.507. The molecular formula is C21H18Cl2F2N2O2S2. The van der Waals surface area contributed by atoms with Gasteiger partial charge in [0.1, 0.15) is 0 Å². The van der Waals surface area contributed by atoms with Crippen LogP contribution in [0, 0.1) is 11.6 Å². The Hall–Kier alpha value is -1.74. The molecule has 164 valence electrons. The normalized spacial score (nSPS) is 15.4. The van der Waals surface area contributed by atoms with Crippen molar-refractivity contribution in [1.82, 2.24) is 4.98 Å². The molecule has 4 rings (SSSR count). The topological polar surface area (TPSA) is 50.3 Å². The average molecular weight is 503 g/mol. The summed E-state index contributed by atoms with van der Waals surface area (Å²) in [6, 6.07) is 8.19. The van der Waals surface area contributed by atoms with Gasteiger partial charge in [0.05, 0.1) is 15.8 Å². The molecular weight excluding hydrogens is 485 g/mol. The molecule has 1 aliphatic heterocycles. The number of thiazole rings is 1. The van der Waals surface area contributed by atoms with E-state index in [2.05, 4.69) is 9.88 Å². The van der Waals surface area contributed by atoms with Crippen LogP contribution in [0.5, 0.6) is 0 Å². The van der Waals surface area contributed by atoms with E-state index in [0.717, 1.165) is 16.9 Å². The van der Waals surface area contributed by atoms with Gasteiger partial charge in [-0.15, -0.1) is 11.3 Å². The summed E-state index contributed by atoms with van der Waals surface area (Å²) in [6.07, 6.45) is 1.32. The molecule has 0 aliphatic carbocycles. The van der Waals surface area contributed by atoms with Crippen LogP contribution < -0.4 is 4.90 Å². The Morgan fingerprint density at radius 2 is 1.71 bits per heavy atom. The van der Waals surface area contributed by atoms with E-state index in [1.165, 1.54) is 41.7 Å².